The number of aliphatic hydroxyl groups excluding tert-OH is 1. The molecule has 1 atom stereocenters. The van der Waals surface area contributed by atoms with Crippen LogP contribution in [0.1, 0.15) is 36.0 Å². The third-order valence-electron chi connectivity index (χ3n) is 6.48. The number of carbonyl (C=O) groups is 2. The zero-order chi connectivity index (χ0) is 25.1. The number of fused-ring (bicyclic) bond motifs is 1. The number of nitrogens with zero attached hydrogens (tertiary/aromatic N) is 2. The summed E-state index contributed by atoms with van der Waals surface area (Å²) in [4.78, 5) is 30.7. The number of furan rings is 1. The van der Waals surface area contributed by atoms with Gasteiger partial charge in [0.1, 0.15) is 17.1 Å². The Bertz CT molecular complexity index is 1240. The highest BCUT2D eigenvalue weighted by molar-refractivity contribution is 6.16. The van der Waals surface area contributed by atoms with Crippen LogP contribution in [0.3, 0.4) is 0 Å². The van der Waals surface area contributed by atoms with Crippen LogP contribution in [0.5, 0.6) is 11.5 Å². The number of aliphatic hydroxyl groups is 1. The van der Waals surface area contributed by atoms with Crippen molar-refractivity contribution < 1.29 is 28.6 Å². The fourth-order valence-electron chi connectivity index (χ4n) is 4.51. The van der Waals surface area contributed by atoms with Gasteiger partial charge < -0.3 is 28.8 Å². The molecule has 0 spiro atoms. The summed E-state index contributed by atoms with van der Waals surface area (Å²) in [7, 11) is 3.06. The van der Waals surface area contributed by atoms with Gasteiger partial charge in [0.05, 0.1) is 25.8 Å². The lowest BCUT2D eigenvalue weighted by Crippen LogP contribution is -2.38. The van der Waals surface area contributed by atoms with Gasteiger partial charge in [-0.15, -0.1) is 0 Å². The molecule has 0 aliphatic carbocycles. The lowest BCUT2D eigenvalue weighted by atomic mass is 9.94. The molecule has 1 aliphatic heterocycles. The average Bonchev–Trinajstić information content (AvgIpc) is 3.43. The van der Waals surface area contributed by atoms with E-state index in [1.54, 1.807) is 30.3 Å². The zero-order valence-electron chi connectivity index (χ0n) is 20.4. The van der Waals surface area contributed by atoms with Crippen LogP contribution >= 0.6 is 0 Å². The maximum Gasteiger partial charge on any atom is 0.290 e. The summed E-state index contributed by atoms with van der Waals surface area (Å²) in [5.74, 6) is -0.665. The van der Waals surface area contributed by atoms with Crippen molar-refractivity contribution in [2.75, 3.05) is 40.4 Å². The van der Waals surface area contributed by atoms with Gasteiger partial charge in [-0.05, 0) is 43.4 Å². The normalized spacial score (nSPS) is 16.0. The first-order valence-electron chi connectivity index (χ1n) is 11.6. The van der Waals surface area contributed by atoms with Crippen LogP contribution in [0.15, 0.2) is 64.3 Å². The van der Waals surface area contributed by atoms with E-state index in [0.29, 0.717) is 35.7 Å². The van der Waals surface area contributed by atoms with Crippen molar-refractivity contribution in [1.29, 1.82) is 0 Å². The van der Waals surface area contributed by atoms with Crippen molar-refractivity contribution >= 4 is 22.7 Å². The maximum atomic E-state index is 13.7. The predicted molar refractivity (Wildman–Crippen MR) is 132 cm³/mol. The molecule has 0 radical (unpaired) electrons. The average molecular weight is 479 g/mol. The first-order valence-corrected chi connectivity index (χ1v) is 11.6. The molecule has 0 unspecified atom stereocenters. The summed E-state index contributed by atoms with van der Waals surface area (Å²) in [6.07, 6.45) is 0. The van der Waals surface area contributed by atoms with E-state index in [1.165, 1.54) is 19.1 Å². The summed E-state index contributed by atoms with van der Waals surface area (Å²) in [6.45, 7) is 6.62. The van der Waals surface area contributed by atoms with E-state index in [2.05, 4.69) is 4.90 Å². The predicted octanol–water partition coefficient (Wildman–Crippen LogP) is 4.37. The second-order valence-electron chi connectivity index (χ2n) is 8.28. The van der Waals surface area contributed by atoms with E-state index < -0.39 is 23.5 Å². The number of para-hydroxylation sites is 1. The van der Waals surface area contributed by atoms with Crippen LogP contribution < -0.4 is 9.47 Å². The molecule has 0 fully saturated rings. The quantitative estimate of drug-likeness (QED) is 0.433. The van der Waals surface area contributed by atoms with E-state index in [9.17, 15) is 14.7 Å². The van der Waals surface area contributed by atoms with Gasteiger partial charge in [-0.25, -0.2) is 0 Å². The fourth-order valence-corrected chi connectivity index (χ4v) is 4.51. The minimum absolute atomic E-state index is 0.0415. The molecular weight excluding hydrogens is 448 g/mol. The van der Waals surface area contributed by atoms with Crippen molar-refractivity contribution in [3.63, 3.8) is 0 Å². The van der Waals surface area contributed by atoms with Gasteiger partial charge in [0.25, 0.3) is 5.91 Å². The number of Topliss-reactive ketones (excluding diaryl/α,β-unsaturated/α-hetero) is 1. The molecular formula is C27H30N2O6. The van der Waals surface area contributed by atoms with Crippen LogP contribution in [0, 0.1) is 0 Å². The van der Waals surface area contributed by atoms with E-state index in [0.717, 1.165) is 18.5 Å². The number of carbonyl (C=O) groups excluding carboxylic acids is 2. The molecule has 8 heteroatoms. The van der Waals surface area contributed by atoms with Crippen molar-refractivity contribution in [2.24, 2.45) is 0 Å². The number of likely N-dealkylation sites (N-methyl/N-ethyl adjacent to an activating group) is 1. The van der Waals surface area contributed by atoms with Crippen LogP contribution in [0.25, 0.3) is 11.0 Å². The van der Waals surface area contributed by atoms with Crippen molar-refractivity contribution in [3.8, 4) is 11.5 Å². The van der Waals surface area contributed by atoms with Crippen LogP contribution in [-0.2, 0) is 4.79 Å². The molecule has 2 heterocycles. The van der Waals surface area contributed by atoms with E-state index in [4.69, 9.17) is 13.9 Å². The standard InChI is InChI=1S/C27H30N2O6/c1-5-28(6-2)13-14-29-24(19-16-18(33-3)11-12-21(19)34-4)23(26(31)27(29)32)25(30)22-15-17-9-7-8-10-20(17)35-22/h7-12,15-16,24,31H,5-6,13-14H2,1-4H3/t24-/m1/s1. The molecule has 1 amide bonds. The molecule has 0 saturated carbocycles. The van der Waals surface area contributed by atoms with Gasteiger partial charge in [0.15, 0.2) is 11.5 Å². The smallest absolute Gasteiger partial charge is 0.290 e. The highest BCUT2D eigenvalue weighted by atomic mass is 16.5. The molecule has 0 bridgehead atoms. The third-order valence-corrected chi connectivity index (χ3v) is 6.48. The number of hydrogen-bond donors (Lipinski definition) is 1. The summed E-state index contributed by atoms with van der Waals surface area (Å²) in [5, 5.41) is 11.7. The Labute approximate surface area is 204 Å². The number of amides is 1. The Kier molecular flexibility index (Phi) is 7.12. The van der Waals surface area contributed by atoms with E-state index >= 15 is 0 Å². The van der Waals surface area contributed by atoms with Gasteiger partial charge >= 0.3 is 0 Å². The summed E-state index contributed by atoms with van der Waals surface area (Å²) in [5.41, 5.74) is 1.05. The molecule has 1 aliphatic rings. The minimum atomic E-state index is -0.871. The summed E-state index contributed by atoms with van der Waals surface area (Å²) < 4.78 is 16.8. The first kappa shape index (κ1) is 24.3. The Morgan fingerprint density at radius 2 is 1.83 bits per heavy atom. The number of rotatable bonds is 10. The Morgan fingerprint density at radius 3 is 2.49 bits per heavy atom. The van der Waals surface area contributed by atoms with Gasteiger partial charge in [-0.1, -0.05) is 32.0 Å². The van der Waals surface area contributed by atoms with E-state index in [1.807, 2.05) is 32.0 Å². The highest BCUT2D eigenvalue weighted by Crippen LogP contribution is 2.43. The van der Waals surface area contributed by atoms with Crippen LogP contribution in [-0.4, -0.2) is 67.0 Å². The monoisotopic (exact) mass is 478 g/mol. The Hall–Kier alpha value is -3.78. The van der Waals surface area contributed by atoms with Gasteiger partial charge in [0.2, 0.25) is 5.78 Å². The van der Waals surface area contributed by atoms with Gasteiger partial charge in [-0.2, -0.15) is 0 Å². The third kappa shape index (κ3) is 4.49. The molecule has 2 aromatic carbocycles. The SMILES string of the molecule is CCN(CC)CCN1C(=O)C(O)=C(C(=O)c2cc3ccccc3o2)[C@H]1c1cc(OC)ccc1OC. The lowest BCUT2D eigenvalue weighted by Gasteiger charge is -2.30. The lowest BCUT2D eigenvalue weighted by molar-refractivity contribution is -0.129. The fraction of sp³-hybridized carbons (Fsp3) is 0.333. The molecule has 4 rings (SSSR count). The molecule has 8 nitrogen and oxygen atoms in total. The van der Waals surface area contributed by atoms with Crippen molar-refractivity contribution in [3.05, 3.63) is 71.2 Å². The highest BCUT2D eigenvalue weighted by Gasteiger charge is 2.45. The van der Waals surface area contributed by atoms with Crippen LogP contribution in [0.2, 0.25) is 0 Å². The van der Waals surface area contributed by atoms with Gasteiger partial charge in [-0.3, -0.25) is 9.59 Å². The largest absolute Gasteiger partial charge is 0.503 e. The topological polar surface area (TPSA) is 92.5 Å². The first-order chi connectivity index (χ1) is 16.9. The molecule has 1 N–H and O–H groups in total. The van der Waals surface area contributed by atoms with Crippen molar-refractivity contribution in [1.82, 2.24) is 9.80 Å². The molecule has 1 aromatic heterocycles. The Morgan fingerprint density at radius 1 is 1.09 bits per heavy atom. The van der Waals surface area contributed by atoms with Crippen LogP contribution in [0.4, 0.5) is 0 Å². The van der Waals surface area contributed by atoms with Gasteiger partial charge in [0, 0.05) is 24.0 Å². The molecule has 35 heavy (non-hydrogen) atoms. The Balaban J connectivity index is 1.82. The molecule has 184 valence electrons. The maximum absolute atomic E-state index is 13.7. The summed E-state index contributed by atoms with van der Waals surface area (Å²) >= 11 is 0. The van der Waals surface area contributed by atoms with E-state index in [-0.39, 0.29) is 11.3 Å². The second-order valence-corrected chi connectivity index (χ2v) is 8.28. The number of ether oxygens (including phenoxy) is 2. The summed E-state index contributed by atoms with van der Waals surface area (Å²) in [6, 6.07) is 13.2. The number of benzene rings is 2. The molecule has 3 aromatic rings. The zero-order valence-corrected chi connectivity index (χ0v) is 20.4. The molecule has 0 saturated heterocycles. The minimum Gasteiger partial charge on any atom is -0.503 e. The van der Waals surface area contributed by atoms with Crippen molar-refractivity contribution in [2.45, 2.75) is 19.9 Å². The number of hydrogen-bond acceptors (Lipinski definition) is 7. The number of ketones is 1. The number of methoxy groups -OCH3 is 2. The second kappa shape index (κ2) is 10.2.